The minimum absolute atomic E-state index is 0.357. The molecule has 1 N–H and O–H groups in total. The van der Waals surface area contributed by atoms with Crippen molar-refractivity contribution in [3.63, 3.8) is 0 Å². The van der Waals surface area contributed by atoms with Crippen molar-refractivity contribution in [1.82, 2.24) is 5.32 Å². The molecule has 4 aromatic rings. The Morgan fingerprint density at radius 1 is 0.583 bits per heavy atom. The Hall–Kier alpha value is -3.16. The van der Waals surface area contributed by atoms with Crippen molar-refractivity contribution < 1.29 is 0 Å². The number of aryl methyl sites for hydroxylation is 6. The topological polar surface area (TPSA) is 12.0 Å². The van der Waals surface area contributed by atoms with Gasteiger partial charge in [-0.1, -0.05) is 83.9 Å². The Morgan fingerprint density at radius 3 is 1.31 bits per heavy atom. The van der Waals surface area contributed by atoms with E-state index in [1.165, 1.54) is 79.6 Å². The van der Waals surface area contributed by atoms with Crippen LogP contribution in [-0.2, 0) is 0 Å². The van der Waals surface area contributed by atoms with Gasteiger partial charge in [0.25, 0.3) is 0 Å². The zero-order valence-corrected chi connectivity index (χ0v) is 22.7. The third-order valence-corrected chi connectivity index (χ3v) is 7.97. The molecule has 0 bridgehead atoms. The van der Waals surface area contributed by atoms with Crippen molar-refractivity contribution >= 4 is 0 Å². The van der Waals surface area contributed by atoms with Gasteiger partial charge in [-0.25, -0.2) is 0 Å². The molecule has 184 valence electrons. The zero-order chi connectivity index (χ0) is 25.4. The molecule has 1 saturated heterocycles. The lowest BCUT2D eigenvalue weighted by molar-refractivity contribution is 0.540. The van der Waals surface area contributed by atoms with Gasteiger partial charge in [-0.2, -0.15) is 0 Å². The average Bonchev–Trinajstić information content (AvgIpc) is 3.34. The minimum atomic E-state index is 0.357. The molecule has 36 heavy (non-hydrogen) atoms. The number of nitrogens with one attached hydrogen (secondary N) is 1. The van der Waals surface area contributed by atoms with Crippen LogP contribution < -0.4 is 5.32 Å². The fraction of sp³-hybridized carbons (Fsp3) is 0.314. The molecule has 4 aromatic carbocycles. The maximum absolute atomic E-state index is 3.80. The van der Waals surface area contributed by atoms with Crippen LogP contribution in [0, 0.1) is 41.5 Å². The zero-order valence-electron chi connectivity index (χ0n) is 22.7. The summed E-state index contributed by atoms with van der Waals surface area (Å²) in [7, 11) is 0. The van der Waals surface area contributed by atoms with Gasteiger partial charge < -0.3 is 5.32 Å². The highest BCUT2D eigenvalue weighted by atomic mass is 14.9. The molecule has 1 atom stereocenters. The van der Waals surface area contributed by atoms with E-state index in [1.807, 2.05) is 0 Å². The van der Waals surface area contributed by atoms with Crippen LogP contribution in [-0.4, -0.2) is 12.6 Å². The highest BCUT2D eigenvalue weighted by molar-refractivity contribution is 5.73. The fourth-order valence-corrected chi connectivity index (χ4v) is 6.64. The summed E-state index contributed by atoms with van der Waals surface area (Å²) in [6.45, 7) is 14.4. The van der Waals surface area contributed by atoms with Gasteiger partial charge in [0.15, 0.2) is 0 Å². The summed E-state index contributed by atoms with van der Waals surface area (Å²) in [5, 5.41) is 3.80. The van der Waals surface area contributed by atoms with Crippen LogP contribution in [0.4, 0.5) is 0 Å². The summed E-state index contributed by atoms with van der Waals surface area (Å²) in [6.07, 6.45) is 2.47. The Morgan fingerprint density at radius 2 is 0.972 bits per heavy atom. The number of benzene rings is 4. The predicted octanol–water partition coefficient (Wildman–Crippen LogP) is 8.76. The maximum atomic E-state index is 3.80. The van der Waals surface area contributed by atoms with E-state index in [0.717, 1.165) is 6.54 Å². The molecule has 1 heteroatoms. The molecule has 0 aliphatic carbocycles. The minimum Gasteiger partial charge on any atom is -0.313 e. The van der Waals surface area contributed by atoms with Gasteiger partial charge in [0.1, 0.15) is 0 Å². The molecule has 0 aromatic heterocycles. The van der Waals surface area contributed by atoms with Crippen LogP contribution in [0.2, 0.25) is 0 Å². The lowest BCUT2D eigenvalue weighted by atomic mass is 9.82. The molecule has 1 aliphatic rings. The second-order valence-corrected chi connectivity index (χ2v) is 11.0. The van der Waals surface area contributed by atoms with E-state index in [9.17, 15) is 0 Å². The van der Waals surface area contributed by atoms with E-state index in [1.54, 1.807) is 0 Å². The molecular weight excluding hydrogens is 434 g/mol. The van der Waals surface area contributed by atoms with Crippen LogP contribution in [0.25, 0.3) is 22.3 Å². The summed E-state index contributed by atoms with van der Waals surface area (Å²) in [5.74, 6) is 0.357. The van der Waals surface area contributed by atoms with Gasteiger partial charge >= 0.3 is 0 Å². The molecule has 0 amide bonds. The van der Waals surface area contributed by atoms with Gasteiger partial charge in [-0.05, 0) is 117 Å². The van der Waals surface area contributed by atoms with Gasteiger partial charge in [0.2, 0.25) is 0 Å². The van der Waals surface area contributed by atoms with Crippen molar-refractivity contribution in [1.29, 1.82) is 0 Å². The number of hydrogen-bond donors (Lipinski definition) is 1. The molecule has 0 spiro atoms. The second kappa shape index (κ2) is 10.1. The van der Waals surface area contributed by atoms with Gasteiger partial charge in [-0.3, -0.25) is 0 Å². The lowest BCUT2D eigenvalue weighted by Crippen LogP contribution is -2.29. The Kier molecular flexibility index (Phi) is 6.86. The van der Waals surface area contributed by atoms with Crippen molar-refractivity contribution in [2.45, 2.75) is 66.3 Å². The molecule has 1 aliphatic heterocycles. The van der Waals surface area contributed by atoms with Crippen molar-refractivity contribution in [3.8, 4) is 22.3 Å². The number of hydrogen-bond acceptors (Lipinski definition) is 1. The van der Waals surface area contributed by atoms with E-state index < -0.39 is 0 Å². The first-order valence-electron chi connectivity index (χ1n) is 13.4. The third kappa shape index (κ3) is 4.77. The monoisotopic (exact) mass is 473 g/mol. The van der Waals surface area contributed by atoms with Gasteiger partial charge in [0.05, 0.1) is 0 Å². The normalized spacial score (nSPS) is 15.6. The molecule has 1 nitrogen and oxygen atoms in total. The molecule has 1 heterocycles. The Balaban J connectivity index is 1.50. The summed E-state index contributed by atoms with van der Waals surface area (Å²) >= 11 is 0. The Labute approximate surface area is 217 Å². The molecule has 5 rings (SSSR count). The maximum Gasteiger partial charge on any atom is 0.0243 e. The average molecular weight is 474 g/mol. The van der Waals surface area contributed by atoms with Crippen LogP contribution >= 0.6 is 0 Å². The smallest absolute Gasteiger partial charge is 0.0243 e. The largest absolute Gasteiger partial charge is 0.313 e. The Bertz CT molecular complexity index is 1220. The van der Waals surface area contributed by atoms with Gasteiger partial charge in [-0.15, -0.1) is 0 Å². The summed E-state index contributed by atoms with van der Waals surface area (Å²) < 4.78 is 0. The molecular formula is C35H39N. The van der Waals surface area contributed by atoms with Crippen LogP contribution in [0.3, 0.4) is 0 Å². The number of rotatable bonds is 5. The van der Waals surface area contributed by atoms with E-state index in [4.69, 9.17) is 0 Å². The molecule has 1 fully saturated rings. The lowest BCUT2D eigenvalue weighted by Gasteiger charge is -2.26. The second-order valence-electron chi connectivity index (χ2n) is 11.0. The van der Waals surface area contributed by atoms with E-state index in [0.29, 0.717) is 12.0 Å². The van der Waals surface area contributed by atoms with Crippen molar-refractivity contribution in [3.05, 3.63) is 117 Å². The molecule has 0 saturated carbocycles. The first kappa shape index (κ1) is 24.5. The fourth-order valence-electron chi connectivity index (χ4n) is 6.64. The summed E-state index contributed by atoms with van der Waals surface area (Å²) in [6, 6.07) is 28.4. The third-order valence-electron chi connectivity index (χ3n) is 7.97. The van der Waals surface area contributed by atoms with Crippen molar-refractivity contribution in [2.75, 3.05) is 6.54 Å². The summed E-state index contributed by atoms with van der Waals surface area (Å²) in [5.41, 5.74) is 16.2. The summed E-state index contributed by atoms with van der Waals surface area (Å²) in [4.78, 5) is 0. The van der Waals surface area contributed by atoms with Crippen LogP contribution in [0.1, 0.15) is 63.3 Å². The van der Waals surface area contributed by atoms with Crippen LogP contribution in [0.5, 0.6) is 0 Å². The first-order valence-corrected chi connectivity index (χ1v) is 13.4. The molecule has 0 radical (unpaired) electrons. The SMILES string of the molecule is Cc1cc(C)c(-c2ccc(C(c3ccc(-c4c(C)cc(C)cc4C)cc3)[C@@H]3CCCN3)cc2)c(C)c1. The highest BCUT2D eigenvalue weighted by Crippen LogP contribution is 2.36. The quantitative estimate of drug-likeness (QED) is 0.305. The first-order chi connectivity index (χ1) is 17.3. The van der Waals surface area contributed by atoms with E-state index in [-0.39, 0.29) is 0 Å². The van der Waals surface area contributed by atoms with Crippen molar-refractivity contribution in [2.24, 2.45) is 0 Å². The van der Waals surface area contributed by atoms with Crippen LogP contribution in [0.15, 0.2) is 72.8 Å². The van der Waals surface area contributed by atoms with E-state index in [2.05, 4.69) is 120 Å². The highest BCUT2D eigenvalue weighted by Gasteiger charge is 2.27. The standard InChI is InChI=1S/C35H39N/c1-22-18-24(3)33(25(4)19-22)28-9-13-30(14-10-28)35(32-8-7-17-36-32)31-15-11-29(12-16-31)34-26(5)20-23(2)21-27(34)6/h9-16,18-21,32,35-36H,7-8,17H2,1-6H3/t32-/m0/s1. The predicted molar refractivity (Wildman–Crippen MR) is 155 cm³/mol. The van der Waals surface area contributed by atoms with E-state index >= 15 is 0 Å². The molecule has 0 unspecified atom stereocenters. The van der Waals surface area contributed by atoms with Gasteiger partial charge in [0, 0.05) is 12.0 Å².